The van der Waals surface area contributed by atoms with Crippen molar-refractivity contribution in [3.05, 3.63) is 11.6 Å². The van der Waals surface area contributed by atoms with Crippen LogP contribution in [0.3, 0.4) is 0 Å². The van der Waals surface area contributed by atoms with Crippen LogP contribution in [0.5, 0.6) is 0 Å². The van der Waals surface area contributed by atoms with Crippen LogP contribution in [0.4, 0.5) is 0 Å². The highest BCUT2D eigenvalue weighted by molar-refractivity contribution is 5.16. The van der Waals surface area contributed by atoms with Crippen molar-refractivity contribution in [2.75, 3.05) is 13.2 Å². The molecule has 0 fully saturated rings. The summed E-state index contributed by atoms with van der Waals surface area (Å²) in [4.78, 5) is 0. The largest absolute Gasteiger partial charge is 0.372 e. The van der Waals surface area contributed by atoms with E-state index in [9.17, 15) is 0 Å². The van der Waals surface area contributed by atoms with Gasteiger partial charge in [0.05, 0.1) is 12.7 Å². The highest BCUT2D eigenvalue weighted by atomic mass is 16.5. The van der Waals surface area contributed by atoms with E-state index in [1.54, 1.807) is 0 Å². The van der Waals surface area contributed by atoms with Crippen LogP contribution in [0, 0.1) is 17.8 Å². The lowest BCUT2D eigenvalue weighted by Gasteiger charge is -2.36. The van der Waals surface area contributed by atoms with Gasteiger partial charge in [0.25, 0.3) is 0 Å². The molecule has 0 amide bonds. The Morgan fingerprint density at radius 3 is 2.56 bits per heavy atom. The molecule has 0 saturated carbocycles. The molecule has 0 radical (unpaired) electrons. The first-order valence-corrected chi connectivity index (χ1v) is 6.59. The van der Waals surface area contributed by atoms with Gasteiger partial charge in [0.1, 0.15) is 0 Å². The maximum Gasteiger partial charge on any atom is 0.0818 e. The first-order chi connectivity index (χ1) is 7.57. The molecule has 0 heterocycles. The summed E-state index contributed by atoms with van der Waals surface area (Å²) in [5.41, 5.74) is 7.03. The second kappa shape index (κ2) is 6.41. The third kappa shape index (κ3) is 3.33. The van der Waals surface area contributed by atoms with E-state index in [-0.39, 0.29) is 0 Å². The molecule has 0 aromatic heterocycles. The molecule has 94 valence electrons. The van der Waals surface area contributed by atoms with Crippen LogP contribution in [-0.4, -0.2) is 19.3 Å². The molecular weight excluding hydrogens is 198 g/mol. The van der Waals surface area contributed by atoms with Gasteiger partial charge in [-0.25, -0.2) is 0 Å². The normalized spacial score (nSPS) is 26.3. The van der Waals surface area contributed by atoms with Gasteiger partial charge in [0.15, 0.2) is 0 Å². The zero-order valence-electron chi connectivity index (χ0n) is 11.2. The molecule has 0 spiro atoms. The van der Waals surface area contributed by atoms with Gasteiger partial charge in [-0.3, -0.25) is 0 Å². The second-order valence-corrected chi connectivity index (χ2v) is 5.42. The van der Waals surface area contributed by atoms with E-state index in [0.29, 0.717) is 37.0 Å². The van der Waals surface area contributed by atoms with Crippen molar-refractivity contribution in [2.45, 2.75) is 46.6 Å². The molecule has 1 aliphatic carbocycles. The van der Waals surface area contributed by atoms with E-state index in [1.807, 2.05) is 0 Å². The van der Waals surface area contributed by atoms with Gasteiger partial charge in [0.2, 0.25) is 0 Å². The predicted octanol–water partition coefficient (Wildman–Crippen LogP) is 2.98. The average Bonchev–Trinajstić information content (AvgIpc) is 2.25. The molecule has 2 unspecified atom stereocenters. The first-order valence-electron chi connectivity index (χ1n) is 6.59. The quantitative estimate of drug-likeness (QED) is 0.730. The van der Waals surface area contributed by atoms with Gasteiger partial charge >= 0.3 is 0 Å². The molecule has 1 aliphatic rings. The van der Waals surface area contributed by atoms with Crippen molar-refractivity contribution in [3.8, 4) is 0 Å². The molecule has 0 aromatic carbocycles. The molecule has 0 aromatic rings. The summed E-state index contributed by atoms with van der Waals surface area (Å²) in [6.07, 6.45) is 5.14. The smallest absolute Gasteiger partial charge is 0.0818 e. The fourth-order valence-electron chi connectivity index (χ4n) is 2.62. The van der Waals surface area contributed by atoms with Crippen LogP contribution < -0.4 is 5.73 Å². The topological polar surface area (TPSA) is 35.2 Å². The second-order valence-electron chi connectivity index (χ2n) is 5.42. The zero-order chi connectivity index (χ0) is 12.1. The van der Waals surface area contributed by atoms with Crippen LogP contribution >= 0.6 is 0 Å². The maximum absolute atomic E-state index is 5.99. The van der Waals surface area contributed by atoms with E-state index >= 15 is 0 Å². The number of allylic oxidation sites excluding steroid dienone is 1. The van der Waals surface area contributed by atoms with E-state index in [1.165, 1.54) is 18.4 Å². The third-order valence-electron chi connectivity index (χ3n) is 3.54. The molecule has 2 atom stereocenters. The summed E-state index contributed by atoms with van der Waals surface area (Å²) in [5.74, 6) is 1.93. The molecule has 2 heteroatoms. The van der Waals surface area contributed by atoms with Crippen molar-refractivity contribution in [3.63, 3.8) is 0 Å². The van der Waals surface area contributed by atoms with Crippen LogP contribution in [0.1, 0.15) is 40.5 Å². The molecule has 0 aliphatic heterocycles. The number of ether oxygens (including phenoxy) is 1. The monoisotopic (exact) mass is 225 g/mol. The summed E-state index contributed by atoms with van der Waals surface area (Å²) < 4.78 is 5.99. The Morgan fingerprint density at radius 1 is 1.38 bits per heavy atom. The molecule has 2 N–H and O–H groups in total. The fourth-order valence-corrected chi connectivity index (χ4v) is 2.62. The maximum atomic E-state index is 5.99. The average molecular weight is 225 g/mol. The van der Waals surface area contributed by atoms with Gasteiger partial charge in [-0.1, -0.05) is 33.8 Å². The molecule has 0 bridgehead atoms. The van der Waals surface area contributed by atoms with Crippen molar-refractivity contribution in [2.24, 2.45) is 23.5 Å². The Kier molecular flexibility index (Phi) is 5.50. The Bertz CT molecular complexity index is 233. The highest BCUT2D eigenvalue weighted by Crippen LogP contribution is 2.35. The lowest BCUT2D eigenvalue weighted by Crippen LogP contribution is -2.35. The Morgan fingerprint density at radius 2 is 2.06 bits per heavy atom. The van der Waals surface area contributed by atoms with Crippen molar-refractivity contribution in [1.82, 2.24) is 0 Å². The van der Waals surface area contributed by atoms with Gasteiger partial charge < -0.3 is 10.5 Å². The molecule has 0 saturated heterocycles. The van der Waals surface area contributed by atoms with Crippen molar-refractivity contribution in [1.29, 1.82) is 0 Å². The lowest BCUT2D eigenvalue weighted by molar-refractivity contribution is 0.0128. The highest BCUT2D eigenvalue weighted by Gasteiger charge is 2.31. The summed E-state index contributed by atoms with van der Waals surface area (Å²) in [7, 11) is 0. The van der Waals surface area contributed by atoms with Gasteiger partial charge in [0, 0.05) is 6.54 Å². The number of rotatable bonds is 5. The van der Waals surface area contributed by atoms with Crippen LogP contribution in [0.25, 0.3) is 0 Å². The predicted molar refractivity (Wildman–Crippen MR) is 69.3 cm³/mol. The molecule has 1 rings (SSSR count). The van der Waals surface area contributed by atoms with Crippen molar-refractivity contribution < 1.29 is 4.74 Å². The Balaban J connectivity index is 2.77. The minimum absolute atomic E-state index is 0.303. The number of hydrogen-bond donors (Lipinski definition) is 1. The SMILES string of the molecule is CC(C)C1=CCCC(C(C)C)C1OCCN. The van der Waals surface area contributed by atoms with Crippen LogP contribution in [0.2, 0.25) is 0 Å². The molecule has 2 nitrogen and oxygen atoms in total. The lowest BCUT2D eigenvalue weighted by atomic mass is 9.76. The standard InChI is InChI=1S/C14H27NO/c1-10(2)12-6-5-7-13(11(3)4)14(12)16-9-8-15/h6,10-11,13-14H,5,7-9,15H2,1-4H3. The summed E-state index contributed by atoms with van der Waals surface area (Å²) >= 11 is 0. The molecule has 16 heavy (non-hydrogen) atoms. The van der Waals surface area contributed by atoms with Gasteiger partial charge in [-0.05, 0) is 36.2 Å². The molecular formula is C14H27NO. The summed E-state index contributed by atoms with van der Waals surface area (Å²) in [5, 5.41) is 0. The minimum Gasteiger partial charge on any atom is -0.372 e. The first kappa shape index (κ1) is 13.7. The van der Waals surface area contributed by atoms with Gasteiger partial charge in [-0.2, -0.15) is 0 Å². The van der Waals surface area contributed by atoms with Crippen LogP contribution in [-0.2, 0) is 4.74 Å². The summed E-state index contributed by atoms with van der Waals surface area (Å²) in [6.45, 7) is 10.4. The third-order valence-corrected chi connectivity index (χ3v) is 3.54. The number of hydrogen-bond acceptors (Lipinski definition) is 2. The zero-order valence-corrected chi connectivity index (χ0v) is 11.2. The fraction of sp³-hybridized carbons (Fsp3) is 0.857. The minimum atomic E-state index is 0.303. The van der Waals surface area contributed by atoms with Gasteiger partial charge in [-0.15, -0.1) is 0 Å². The van der Waals surface area contributed by atoms with E-state index < -0.39 is 0 Å². The van der Waals surface area contributed by atoms with E-state index in [0.717, 1.165) is 0 Å². The number of nitrogens with two attached hydrogens (primary N) is 1. The Hall–Kier alpha value is -0.340. The van der Waals surface area contributed by atoms with Crippen LogP contribution in [0.15, 0.2) is 11.6 Å². The van der Waals surface area contributed by atoms with Crippen molar-refractivity contribution >= 4 is 0 Å². The Labute approximate surface area is 100 Å². The van der Waals surface area contributed by atoms with E-state index in [4.69, 9.17) is 10.5 Å². The van der Waals surface area contributed by atoms with E-state index in [2.05, 4.69) is 33.8 Å². The summed E-state index contributed by atoms with van der Waals surface area (Å²) in [6, 6.07) is 0.